The van der Waals surface area contributed by atoms with Crippen molar-refractivity contribution in [2.45, 2.75) is 104 Å². The van der Waals surface area contributed by atoms with Crippen LogP contribution in [0.4, 0.5) is 0 Å². The van der Waals surface area contributed by atoms with Crippen molar-refractivity contribution in [1.82, 2.24) is 0 Å². The third kappa shape index (κ3) is 5.27. The van der Waals surface area contributed by atoms with Crippen LogP contribution in [0.25, 0.3) is 0 Å². The zero-order chi connectivity index (χ0) is 24.8. The molecule has 0 N–H and O–H groups in total. The summed E-state index contributed by atoms with van der Waals surface area (Å²) in [5, 5.41) is 0. The molecule has 0 spiro atoms. The topological polar surface area (TPSA) is 26.3 Å². The van der Waals surface area contributed by atoms with E-state index >= 15 is 0 Å². The van der Waals surface area contributed by atoms with Gasteiger partial charge in [0.15, 0.2) is 0 Å². The van der Waals surface area contributed by atoms with Crippen LogP contribution in [0, 0.1) is 0 Å². The molecular weight excluding hydrogens is 460 g/mol. The lowest BCUT2D eigenvalue weighted by atomic mass is 9.84. The van der Waals surface area contributed by atoms with E-state index in [1.165, 1.54) is 75.3 Å². The zero-order valence-electron chi connectivity index (χ0n) is 21.7. The Bertz CT molecular complexity index is 1050. The monoisotopic (exact) mass is 500 g/mol. The van der Waals surface area contributed by atoms with Crippen molar-refractivity contribution in [3.05, 3.63) is 90.0 Å². The SMILES string of the molecule is CCC(=O)OS(c1ccccc1)(c1ccc(C2CCCCC2)cc1)c1ccc(C2CCCCC2)cc1. The molecule has 3 aromatic carbocycles. The van der Waals surface area contributed by atoms with E-state index in [-0.39, 0.29) is 5.97 Å². The highest BCUT2D eigenvalue weighted by molar-refractivity contribution is 8.30. The number of benzene rings is 3. The molecule has 2 saturated carbocycles. The standard InChI is InChI=1S/C33H40O2S/c1-2-33(34)35-36(30-16-10-5-11-17-30,31-22-18-28(19-23-31)26-12-6-3-7-13-26)32-24-20-29(21-25-32)27-14-8-4-9-15-27/h5,10-11,16-27H,2-4,6-9,12-15H2,1H3. The average Bonchev–Trinajstić information content (AvgIpc) is 2.97. The number of hydrogen-bond donors (Lipinski definition) is 0. The molecular formula is C33H40O2S. The third-order valence-corrected chi connectivity index (χ3v) is 11.4. The normalized spacial score (nSPS) is 18.0. The first-order valence-electron chi connectivity index (χ1n) is 14.0. The van der Waals surface area contributed by atoms with Crippen molar-refractivity contribution in [1.29, 1.82) is 0 Å². The van der Waals surface area contributed by atoms with Crippen LogP contribution in [-0.4, -0.2) is 5.97 Å². The van der Waals surface area contributed by atoms with Crippen LogP contribution < -0.4 is 0 Å². The predicted octanol–water partition coefficient (Wildman–Crippen LogP) is 9.93. The predicted molar refractivity (Wildman–Crippen MR) is 150 cm³/mol. The Morgan fingerprint density at radius 3 is 1.47 bits per heavy atom. The van der Waals surface area contributed by atoms with Crippen LogP contribution in [0.3, 0.4) is 0 Å². The summed E-state index contributed by atoms with van der Waals surface area (Å²) in [5.41, 5.74) is 2.85. The lowest BCUT2D eigenvalue weighted by Crippen LogP contribution is -2.13. The molecule has 3 aromatic rings. The van der Waals surface area contributed by atoms with Crippen LogP contribution in [-0.2, 0) is 8.98 Å². The van der Waals surface area contributed by atoms with Crippen molar-refractivity contribution in [3.63, 3.8) is 0 Å². The molecule has 2 aliphatic carbocycles. The molecule has 0 atom stereocenters. The largest absolute Gasteiger partial charge is 0.402 e. The second-order valence-electron chi connectivity index (χ2n) is 10.5. The van der Waals surface area contributed by atoms with Gasteiger partial charge in [-0.1, -0.05) is 87.9 Å². The minimum Gasteiger partial charge on any atom is -0.402 e. The summed E-state index contributed by atoms with van der Waals surface area (Å²) < 4.78 is 6.56. The van der Waals surface area contributed by atoms with E-state index in [0.29, 0.717) is 18.3 Å². The smallest absolute Gasteiger partial charge is 0.316 e. The Balaban J connectivity index is 1.59. The van der Waals surface area contributed by atoms with Crippen LogP contribution in [0.15, 0.2) is 93.5 Å². The molecule has 2 aliphatic rings. The van der Waals surface area contributed by atoms with Crippen molar-refractivity contribution in [2.24, 2.45) is 0 Å². The molecule has 190 valence electrons. The van der Waals surface area contributed by atoms with Gasteiger partial charge in [-0.3, -0.25) is 4.79 Å². The summed E-state index contributed by atoms with van der Waals surface area (Å²) in [5.74, 6) is 1.16. The second kappa shape index (κ2) is 11.7. The van der Waals surface area contributed by atoms with Crippen LogP contribution in [0.5, 0.6) is 0 Å². The number of rotatable bonds is 7. The average molecular weight is 501 g/mol. The first-order valence-corrected chi connectivity index (χ1v) is 15.6. The van der Waals surface area contributed by atoms with Gasteiger partial charge in [0.25, 0.3) is 0 Å². The van der Waals surface area contributed by atoms with Crippen LogP contribution >= 0.6 is 10.3 Å². The van der Waals surface area contributed by atoms with Gasteiger partial charge in [-0.25, -0.2) is 0 Å². The van der Waals surface area contributed by atoms with E-state index < -0.39 is 10.3 Å². The summed E-state index contributed by atoms with van der Waals surface area (Å²) in [7, 11) is -2.19. The van der Waals surface area contributed by atoms with Gasteiger partial charge in [0.05, 0.1) is 0 Å². The van der Waals surface area contributed by atoms with Gasteiger partial charge in [0.1, 0.15) is 0 Å². The molecule has 0 aromatic heterocycles. The van der Waals surface area contributed by atoms with Crippen molar-refractivity contribution >= 4 is 16.3 Å². The van der Waals surface area contributed by atoms with Gasteiger partial charge in [-0.05, 0) is 95.4 Å². The molecule has 0 aliphatic heterocycles. The highest BCUT2D eigenvalue weighted by Gasteiger charge is 2.35. The maximum atomic E-state index is 13.0. The van der Waals surface area contributed by atoms with E-state index in [4.69, 9.17) is 4.18 Å². The molecule has 0 amide bonds. The molecule has 0 saturated heterocycles. The molecule has 2 fully saturated rings. The third-order valence-electron chi connectivity index (χ3n) is 8.16. The first-order chi connectivity index (χ1) is 17.7. The molecule has 0 radical (unpaired) electrons. The molecule has 0 unspecified atom stereocenters. The minimum atomic E-state index is -2.19. The Kier molecular flexibility index (Phi) is 8.16. The van der Waals surface area contributed by atoms with E-state index in [9.17, 15) is 4.79 Å². The Labute approximate surface area is 219 Å². The van der Waals surface area contributed by atoms with Gasteiger partial charge in [0.2, 0.25) is 0 Å². The quantitative estimate of drug-likeness (QED) is 0.322. The summed E-state index contributed by atoms with van der Waals surface area (Å²) >= 11 is 0. The van der Waals surface area contributed by atoms with E-state index in [1.807, 2.05) is 13.0 Å². The van der Waals surface area contributed by atoms with Gasteiger partial charge in [-0.15, -0.1) is 0 Å². The van der Waals surface area contributed by atoms with Crippen molar-refractivity contribution < 1.29 is 8.98 Å². The summed E-state index contributed by atoms with van der Waals surface area (Å²) in [4.78, 5) is 16.2. The summed E-state index contributed by atoms with van der Waals surface area (Å²) in [6, 6.07) is 28.6. The van der Waals surface area contributed by atoms with Gasteiger partial charge in [-0.2, -0.15) is 0 Å². The molecule has 2 nitrogen and oxygen atoms in total. The van der Waals surface area contributed by atoms with Crippen molar-refractivity contribution in [3.8, 4) is 0 Å². The fraction of sp³-hybridized carbons (Fsp3) is 0.424. The van der Waals surface area contributed by atoms with E-state index in [2.05, 4.69) is 72.8 Å². The fourth-order valence-electron chi connectivity index (χ4n) is 6.10. The molecule has 0 heterocycles. The number of carbonyl (C=O) groups is 1. The zero-order valence-corrected chi connectivity index (χ0v) is 22.5. The maximum absolute atomic E-state index is 13.0. The molecule has 0 bridgehead atoms. The van der Waals surface area contributed by atoms with Gasteiger partial charge >= 0.3 is 5.97 Å². The minimum absolute atomic E-state index is 0.151. The van der Waals surface area contributed by atoms with Crippen LogP contribution in [0.2, 0.25) is 0 Å². The molecule has 5 rings (SSSR count). The van der Waals surface area contributed by atoms with Gasteiger partial charge in [0, 0.05) is 21.1 Å². The summed E-state index contributed by atoms with van der Waals surface area (Å²) in [6.07, 6.45) is 13.5. The Morgan fingerprint density at radius 2 is 1.06 bits per heavy atom. The Morgan fingerprint density at radius 1 is 0.639 bits per heavy atom. The maximum Gasteiger partial charge on any atom is 0.316 e. The fourth-order valence-corrected chi connectivity index (χ4v) is 9.18. The Hall–Kier alpha value is -2.52. The highest BCUT2D eigenvalue weighted by Crippen LogP contribution is 2.69. The van der Waals surface area contributed by atoms with Crippen molar-refractivity contribution in [2.75, 3.05) is 0 Å². The van der Waals surface area contributed by atoms with E-state index in [0.717, 1.165) is 14.7 Å². The summed E-state index contributed by atoms with van der Waals surface area (Å²) in [6.45, 7) is 1.88. The lowest BCUT2D eigenvalue weighted by molar-refractivity contribution is -0.133. The lowest BCUT2D eigenvalue weighted by Gasteiger charge is -2.40. The number of carbonyl (C=O) groups excluding carboxylic acids is 1. The molecule has 3 heteroatoms. The highest BCUT2D eigenvalue weighted by atomic mass is 32.3. The van der Waals surface area contributed by atoms with E-state index in [1.54, 1.807) is 0 Å². The number of hydrogen-bond acceptors (Lipinski definition) is 2. The first kappa shape index (κ1) is 25.1. The second-order valence-corrected chi connectivity index (χ2v) is 13.2. The molecule has 36 heavy (non-hydrogen) atoms. The van der Waals surface area contributed by atoms with Gasteiger partial charge < -0.3 is 4.18 Å². The van der Waals surface area contributed by atoms with Crippen LogP contribution in [0.1, 0.15) is 101 Å².